The number of nitrogens with one attached hydrogen (secondary N) is 2. The Labute approximate surface area is 145 Å². The lowest BCUT2D eigenvalue weighted by Crippen LogP contribution is -2.50. The Morgan fingerprint density at radius 3 is 3.12 bits per heavy atom. The minimum Gasteiger partial charge on any atom is -0.467 e. The normalized spacial score (nSPS) is 23.8. The second-order valence-electron chi connectivity index (χ2n) is 6.43. The van der Waals surface area contributed by atoms with E-state index < -0.39 is 0 Å². The van der Waals surface area contributed by atoms with Gasteiger partial charge < -0.3 is 9.73 Å². The Bertz CT molecular complexity index is 866. The van der Waals surface area contributed by atoms with Crippen molar-refractivity contribution in [3.8, 4) is 0 Å². The van der Waals surface area contributed by atoms with Crippen molar-refractivity contribution in [2.24, 2.45) is 10.9 Å². The molecule has 0 spiro atoms. The summed E-state index contributed by atoms with van der Waals surface area (Å²) in [6.45, 7) is 2.25. The molecule has 7 heteroatoms. The van der Waals surface area contributed by atoms with Crippen molar-refractivity contribution in [3.63, 3.8) is 0 Å². The maximum atomic E-state index is 12.6. The number of guanidine groups is 1. The van der Waals surface area contributed by atoms with Gasteiger partial charge in [-0.2, -0.15) is 0 Å². The molecule has 7 nitrogen and oxygen atoms in total. The van der Waals surface area contributed by atoms with Crippen LogP contribution < -0.4 is 16.2 Å². The number of aromatic nitrogens is 2. The van der Waals surface area contributed by atoms with Gasteiger partial charge in [-0.05, 0) is 38.3 Å². The number of fused-ring (bicyclic) bond motifs is 1. The van der Waals surface area contributed by atoms with E-state index >= 15 is 0 Å². The number of aliphatic imine (C=N–C) groups is 1. The summed E-state index contributed by atoms with van der Waals surface area (Å²) in [6, 6.07) is 5.30. The summed E-state index contributed by atoms with van der Waals surface area (Å²) >= 11 is 0. The summed E-state index contributed by atoms with van der Waals surface area (Å²) in [7, 11) is 0. The minimum absolute atomic E-state index is 0.0489. The average Bonchev–Trinajstić information content (AvgIpc) is 3.13. The summed E-state index contributed by atoms with van der Waals surface area (Å²) in [5.74, 6) is 2.27. The van der Waals surface area contributed by atoms with E-state index in [1.807, 2.05) is 19.1 Å². The largest absolute Gasteiger partial charge is 0.467 e. The zero-order valence-corrected chi connectivity index (χ0v) is 14.1. The van der Waals surface area contributed by atoms with Crippen LogP contribution in [0.2, 0.25) is 0 Å². The highest BCUT2D eigenvalue weighted by atomic mass is 16.3. The van der Waals surface area contributed by atoms with E-state index in [1.165, 1.54) is 0 Å². The number of furan rings is 1. The lowest BCUT2D eigenvalue weighted by atomic mass is 9.91. The quantitative estimate of drug-likeness (QED) is 0.840. The number of anilines is 1. The first-order valence-electron chi connectivity index (χ1n) is 8.56. The molecule has 2 aromatic rings. The molecule has 1 aliphatic carbocycles. The van der Waals surface area contributed by atoms with Gasteiger partial charge in [-0.15, -0.1) is 0 Å². The fourth-order valence-corrected chi connectivity index (χ4v) is 3.39. The molecule has 0 bridgehead atoms. The van der Waals surface area contributed by atoms with Crippen molar-refractivity contribution in [2.75, 3.05) is 5.32 Å². The number of aryl methyl sites for hydroxylation is 1. The lowest BCUT2D eigenvalue weighted by Gasteiger charge is -2.36. The molecule has 0 unspecified atom stereocenters. The van der Waals surface area contributed by atoms with E-state index in [4.69, 9.17) is 4.42 Å². The number of nitrogens with zero attached hydrogens (tertiary/aromatic N) is 3. The van der Waals surface area contributed by atoms with E-state index in [-0.39, 0.29) is 11.7 Å². The molecule has 1 aliphatic heterocycles. The molecule has 2 aromatic heterocycles. The molecule has 0 saturated heterocycles. The van der Waals surface area contributed by atoms with Crippen LogP contribution in [0.4, 0.5) is 5.95 Å². The van der Waals surface area contributed by atoms with E-state index in [2.05, 4.69) is 32.8 Å². The van der Waals surface area contributed by atoms with E-state index in [1.54, 1.807) is 16.9 Å². The monoisotopic (exact) mass is 339 g/mol. The van der Waals surface area contributed by atoms with Gasteiger partial charge >= 0.3 is 0 Å². The van der Waals surface area contributed by atoms with Crippen LogP contribution in [-0.4, -0.2) is 15.5 Å². The molecule has 3 heterocycles. The summed E-state index contributed by atoms with van der Waals surface area (Å²) in [6.07, 6.45) is 8.84. The Hall–Kier alpha value is -2.83. The maximum absolute atomic E-state index is 12.6. The molecular formula is C18H21N5O2. The zero-order valence-electron chi connectivity index (χ0n) is 14.1. The predicted molar refractivity (Wildman–Crippen MR) is 95.4 cm³/mol. The molecule has 2 atom stereocenters. The summed E-state index contributed by atoms with van der Waals surface area (Å²) < 4.78 is 7.04. The highest BCUT2D eigenvalue weighted by molar-refractivity contribution is 5.93. The van der Waals surface area contributed by atoms with Gasteiger partial charge in [-0.3, -0.25) is 14.7 Å². The fourth-order valence-electron chi connectivity index (χ4n) is 3.39. The highest BCUT2D eigenvalue weighted by Gasteiger charge is 2.31. The molecular weight excluding hydrogens is 318 g/mol. The smallest absolute Gasteiger partial charge is 0.256 e. The van der Waals surface area contributed by atoms with Crippen LogP contribution >= 0.6 is 0 Å². The first kappa shape index (κ1) is 15.7. The fraction of sp³-hybridized carbons (Fsp3) is 0.389. The van der Waals surface area contributed by atoms with E-state index in [9.17, 15) is 4.79 Å². The molecule has 2 aliphatic rings. The van der Waals surface area contributed by atoms with Crippen LogP contribution in [0.3, 0.4) is 0 Å². The van der Waals surface area contributed by atoms with Gasteiger partial charge in [0, 0.05) is 17.7 Å². The zero-order chi connectivity index (χ0) is 17.2. The second kappa shape index (κ2) is 6.58. The maximum Gasteiger partial charge on any atom is 0.256 e. The minimum atomic E-state index is -0.155. The Morgan fingerprint density at radius 2 is 2.36 bits per heavy atom. The van der Waals surface area contributed by atoms with Crippen molar-refractivity contribution in [3.05, 3.63) is 58.4 Å². The predicted octanol–water partition coefficient (Wildman–Crippen LogP) is 2.57. The van der Waals surface area contributed by atoms with Crippen molar-refractivity contribution in [1.82, 2.24) is 14.9 Å². The third-order valence-corrected chi connectivity index (χ3v) is 4.60. The average molecular weight is 339 g/mol. The molecule has 0 radical (unpaired) electrons. The second-order valence-corrected chi connectivity index (χ2v) is 6.43. The first-order valence-corrected chi connectivity index (χ1v) is 8.56. The number of hydrogen-bond donors (Lipinski definition) is 2. The standard InChI is InChI=1S/C18H21N5O2/c1-12-10-15(24)23-16(13-6-3-2-4-7-13)21-17(22-18(23)20-12)19-11-14-8-5-9-25-14/h2-3,5,8-10,13,16H,4,6-7,11H2,1H3,(H2,19,20,21,22)/t13-,16+/m0/s1. The third kappa shape index (κ3) is 3.22. The molecule has 25 heavy (non-hydrogen) atoms. The number of hydrogen-bond acceptors (Lipinski definition) is 4. The summed E-state index contributed by atoms with van der Waals surface area (Å²) in [5.41, 5.74) is 0.644. The Morgan fingerprint density at radius 1 is 1.44 bits per heavy atom. The van der Waals surface area contributed by atoms with Crippen molar-refractivity contribution in [1.29, 1.82) is 0 Å². The Kier molecular flexibility index (Phi) is 4.13. The third-order valence-electron chi connectivity index (χ3n) is 4.60. The Balaban J connectivity index is 1.68. The number of rotatable bonds is 3. The van der Waals surface area contributed by atoms with Gasteiger partial charge in [0.25, 0.3) is 5.56 Å². The van der Waals surface area contributed by atoms with Crippen molar-refractivity contribution >= 4 is 11.9 Å². The van der Waals surface area contributed by atoms with Crippen LogP contribution in [-0.2, 0) is 6.54 Å². The van der Waals surface area contributed by atoms with Crippen LogP contribution in [0.5, 0.6) is 0 Å². The molecule has 4 rings (SSSR count). The molecule has 0 aromatic carbocycles. The molecule has 0 fully saturated rings. The van der Waals surface area contributed by atoms with Crippen LogP contribution in [0, 0.1) is 12.8 Å². The first-order chi connectivity index (χ1) is 12.2. The van der Waals surface area contributed by atoms with E-state index in [0.29, 0.717) is 30.1 Å². The molecule has 2 N–H and O–H groups in total. The van der Waals surface area contributed by atoms with E-state index in [0.717, 1.165) is 25.0 Å². The van der Waals surface area contributed by atoms with Crippen molar-refractivity contribution < 1.29 is 4.42 Å². The SMILES string of the molecule is Cc1cc(=O)n2c(n1)NC(=NCc1ccco1)N[C@H]2[C@H]1CC=CCC1. The summed E-state index contributed by atoms with van der Waals surface area (Å²) in [4.78, 5) is 21.6. The van der Waals surface area contributed by atoms with Crippen LogP contribution in [0.15, 0.2) is 50.8 Å². The van der Waals surface area contributed by atoms with Gasteiger partial charge in [0.2, 0.25) is 5.95 Å². The van der Waals surface area contributed by atoms with Gasteiger partial charge in [0.05, 0.1) is 6.26 Å². The topological polar surface area (TPSA) is 84.5 Å². The molecule has 130 valence electrons. The van der Waals surface area contributed by atoms with Crippen LogP contribution in [0.25, 0.3) is 0 Å². The lowest BCUT2D eigenvalue weighted by molar-refractivity contribution is 0.276. The molecule has 0 saturated carbocycles. The summed E-state index contributed by atoms with van der Waals surface area (Å²) in [5, 5.41) is 6.53. The number of allylic oxidation sites excluding steroid dienone is 2. The highest BCUT2D eigenvalue weighted by Crippen LogP contribution is 2.30. The van der Waals surface area contributed by atoms with Gasteiger partial charge in [-0.1, -0.05) is 12.2 Å². The van der Waals surface area contributed by atoms with Crippen molar-refractivity contribution in [2.45, 2.75) is 38.9 Å². The molecule has 0 amide bonds. The van der Waals surface area contributed by atoms with Gasteiger partial charge in [0.1, 0.15) is 18.5 Å². The van der Waals surface area contributed by atoms with Gasteiger partial charge in [-0.25, -0.2) is 9.98 Å². The van der Waals surface area contributed by atoms with Crippen LogP contribution in [0.1, 0.15) is 36.9 Å². The van der Waals surface area contributed by atoms with Gasteiger partial charge in [0.15, 0.2) is 5.96 Å².